The largest absolute Gasteiger partial charge is 0.401 e. The summed E-state index contributed by atoms with van der Waals surface area (Å²) in [4.78, 5) is 0. The molecule has 0 amide bonds. The van der Waals surface area contributed by atoms with Crippen molar-refractivity contribution < 1.29 is 4.43 Å². The van der Waals surface area contributed by atoms with Crippen molar-refractivity contribution in [3.63, 3.8) is 0 Å². The minimum Gasteiger partial charge on any atom is -0.401 e. The van der Waals surface area contributed by atoms with Gasteiger partial charge in [0.2, 0.25) is 10.5 Å². The topological polar surface area (TPSA) is 9.23 Å². The summed E-state index contributed by atoms with van der Waals surface area (Å²) in [5.41, 5.74) is 3.94. The third-order valence-corrected chi connectivity index (χ3v) is 4.78. The van der Waals surface area contributed by atoms with Crippen molar-refractivity contribution in [2.45, 2.75) is 25.4 Å². The van der Waals surface area contributed by atoms with Gasteiger partial charge in [-0.15, -0.1) is 0 Å². The molecule has 0 fully saturated rings. The summed E-state index contributed by atoms with van der Waals surface area (Å²) in [5, 5.41) is 0. The van der Waals surface area contributed by atoms with E-state index in [-0.39, 0.29) is 0 Å². The van der Waals surface area contributed by atoms with Crippen LogP contribution in [0.1, 0.15) is 42.0 Å². The lowest BCUT2D eigenvalue weighted by molar-refractivity contribution is 0.172. The Bertz CT molecular complexity index is 742. The highest BCUT2D eigenvalue weighted by Crippen LogP contribution is 2.42. The average Bonchev–Trinajstić information content (AvgIpc) is 2.65. The van der Waals surface area contributed by atoms with E-state index in [1.54, 1.807) is 0 Å². The molecule has 3 radical (unpaired) electrons. The zero-order chi connectivity index (χ0) is 17.0. The molecule has 0 aromatic heterocycles. The van der Waals surface area contributed by atoms with Gasteiger partial charge in [-0.3, -0.25) is 0 Å². The van der Waals surface area contributed by atoms with Gasteiger partial charge >= 0.3 is 0 Å². The van der Waals surface area contributed by atoms with Gasteiger partial charge < -0.3 is 4.43 Å². The van der Waals surface area contributed by atoms with Crippen LogP contribution in [-0.2, 0) is 10.0 Å². The van der Waals surface area contributed by atoms with Crippen LogP contribution in [0.5, 0.6) is 0 Å². The van der Waals surface area contributed by atoms with E-state index in [1.165, 1.54) is 5.56 Å². The standard InChI is InChI=1S/C22H21OSi/c1-17(2)20-15-9-10-16-21(20)22(23-24,18-11-5-3-6-12-18)19-13-7-4-8-14-19/h3-17H,1-2H3. The zero-order valence-electron chi connectivity index (χ0n) is 14.1. The van der Waals surface area contributed by atoms with Crippen LogP contribution in [0, 0.1) is 0 Å². The van der Waals surface area contributed by atoms with Crippen LogP contribution >= 0.6 is 0 Å². The van der Waals surface area contributed by atoms with E-state index >= 15 is 0 Å². The molecule has 3 rings (SSSR count). The first-order valence-electron chi connectivity index (χ1n) is 8.25. The minimum atomic E-state index is -0.694. The molecule has 0 heterocycles. The van der Waals surface area contributed by atoms with E-state index in [4.69, 9.17) is 4.43 Å². The normalized spacial score (nSPS) is 11.7. The van der Waals surface area contributed by atoms with Crippen molar-refractivity contribution >= 4 is 10.5 Å². The van der Waals surface area contributed by atoms with Crippen LogP contribution in [-0.4, -0.2) is 10.5 Å². The van der Waals surface area contributed by atoms with Crippen LogP contribution in [0.15, 0.2) is 84.9 Å². The third kappa shape index (κ3) is 2.83. The second-order valence-electron chi connectivity index (χ2n) is 6.26. The maximum atomic E-state index is 6.09. The smallest absolute Gasteiger partial charge is 0.248 e. The Morgan fingerprint density at radius 2 is 1.17 bits per heavy atom. The molecule has 0 N–H and O–H groups in total. The molecule has 3 aromatic carbocycles. The molecule has 0 spiro atoms. The number of rotatable bonds is 5. The molecule has 3 aromatic rings. The molecule has 119 valence electrons. The summed E-state index contributed by atoms with van der Waals surface area (Å²) in [6.45, 7) is 4.43. The number of hydrogen-bond acceptors (Lipinski definition) is 1. The zero-order valence-corrected chi connectivity index (χ0v) is 15.1. The first-order valence-corrected chi connectivity index (χ1v) is 8.66. The molecule has 0 aliphatic carbocycles. The Balaban J connectivity index is 2.36. The van der Waals surface area contributed by atoms with Crippen molar-refractivity contribution in [3.8, 4) is 0 Å². The van der Waals surface area contributed by atoms with E-state index in [0.29, 0.717) is 5.92 Å². The molecule has 0 unspecified atom stereocenters. The van der Waals surface area contributed by atoms with E-state index in [1.807, 2.05) is 12.1 Å². The average molecular weight is 329 g/mol. The van der Waals surface area contributed by atoms with Crippen LogP contribution in [0.25, 0.3) is 0 Å². The quantitative estimate of drug-likeness (QED) is 0.462. The molecule has 0 aliphatic heterocycles. The van der Waals surface area contributed by atoms with Gasteiger partial charge in [-0.1, -0.05) is 98.8 Å². The Morgan fingerprint density at radius 1 is 0.708 bits per heavy atom. The van der Waals surface area contributed by atoms with E-state index in [2.05, 4.69) is 97.1 Å². The summed E-state index contributed by atoms with van der Waals surface area (Å²) in [7, 11) is 3.42. The van der Waals surface area contributed by atoms with Crippen molar-refractivity contribution in [2.75, 3.05) is 0 Å². The van der Waals surface area contributed by atoms with E-state index < -0.39 is 5.60 Å². The molecule has 0 saturated carbocycles. The highest BCUT2D eigenvalue weighted by molar-refractivity contribution is 5.99. The molecule has 0 saturated heterocycles. The van der Waals surface area contributed by atoms with E-state index in [0.717, 1.165) is 16.7 Å². The fourth-order valence-electron chi connectivity index (χ4n) is 3.32. The van der Waals surface area contributed by atoms with Gasteiger partial charge in [-0.2, -0.15) is 0 Å². The summed E-state index contributed by atoms with van der Waals surface area (Å²) in [5.74, 6) is 0.398. The van der Waals surface area contributed by atoms with E-state index in [9.17, 15) is 0 Å². The van der Waals surface area contributed by atoms with Gasteiger partial charge in [0.1, 0.15) is 5.60 Å². The van der Waals surface area contributed by atoms with Crippen molar-refractivity contribution in [1.29, 1.82) is 0 Å². The maximum Gasteiger partial charge on any atom is 0.248 e. The summed E-state index contributed by atoms with van der Waals surface area (Å²) in [6.07, 6.45) is 0. The minimum absolute atomic E-state index is 0.398. The Morgan fingerprint density at radius 3 is 1.62 bits per heavy atom. The first kappa shape index (κ1) is 16.7. The second-order valence-corrected chi connectivity index (χ2v) is 6.46. The summed E-state index contributed by atoms with van der Waals surface area (Å²) in [6, 6.07) is 29.2. The van der Waals surface area contributed by atoms with Gasteiger partial charge in [0.05, 0.1) is 0 Å². The predicted octanol–water partition coefficient (Wildman–Crippen LogP) is 5.20. The Kier molecular flexibility index (Phi) is 4.98. The highest BCUT2D eigenvalue weighted by Gasteiger charge is 2.37. The fraction of sp³-hybridized carbons (Fsp3) is 0.182. The van der Waals surface area contributed by atoms with Gasteiger partial charge in [-0.05, 0) is 28.2 Å². The lowest BCUT2D eigenvalue weighted by atomic mass is 9.76. The lowest BCUT2D eigenvalue weighted by Crippen LogP contribution is -2.33. The third-order valence-electron chi connectivity index (χ3n) is 4.48. The van der Waals surface area contributed by atoms with Crippen LogP contribution < -0.4 is 0 Å². The Labute approximate surface area is 147 Å². The van der Waals surface area contributed by atoms with Crippen LogP contribution in [0.4, 0.5) is 0 Å². The molecule has 0 aliphatic rings. The molecule has 24 heavy (non-hydrogen) atoms. The van der Waals surface area contributed by atoms with Crippen molar-refractivity contribution in [2.24, 2.45) is 0 Å². The monoisotopic (exact) mass is 329 g/mol. The number of benzene rings is 3. The number of hydrogen-bond donors (Lipinski definition) is 0. The molecule has 0 atom stereocenters. The molecule has 1 nitrogen and oxygen atoms in total. The molecule has 2 heteroatoms. The molecular formula is C22H21OSi. The van der Waals surface area contributed by atoms with Gasteiger partial charge in [0.25, 0.3) is 0 Å². The SMILES string of the molecule is CC(C)c1ccccc1C(O[Si])(c1ccccc1)c1ccccc1. The van der Waals surface area contributed by atoms with Gasteiger partial charge in [0.15, 0.2) is 0 Å². The lowest BCUT2D eigenvalue weighted by Gasteiger charge is -2.37. The highest BCUT2D eigenvalue weighted by atomic mass is 28.2. The maximum absolute atomic E-state index is 6.09. The van der Waals surface area contributed by atoms with Crippen LogP contribution in [0.3, 0.4) is 0 Å². The van der Waals surface area contributed by atoms with Gasteiger partial charge in [0, 0.05) is 0 Å². The van der Waals surface area contributed by atoms with Crippen LogP contribution in [0.2, 0.25) is 0 Å². The Hall–Kier alpha value is -2.16. The summed E-state index contributed by atoms with van der Waals surface area (Å²) < 4.78 is 6.09. The van der Waals surface area contributed by atoms with Crippen molar-refractivity contribution in [1.82, 2.24) is 0 Å². The first-order chi connectivity index (χ1) is 11.7. The van der Waals surface area contributed by atoms with Gasteiger partial charge in [-0.25, -0.2) is 0 Å². The van der Waals surface area contributed by atoms with Crippen molar-refractivity contribution in [3.05, 3.63) is 107 Å². The summed E-state index contributed by atoms with van der Waals surface area (Å²) >= 11 is 0. The predicted molar refractivity (Wildman–Crippen MR) is 100 cm³/mol. The second kappa shape index (κ2) is 7.16. The molecule has 0 bridgehead atoms. The molecular weight excluding hydrogens is 308 g/mol. The fourth-order valence-corrected chi connectivity index (χ4v) is 3.66.